The van der Waals surface area contributed by atoms with E-state index >= 15 is 0 Å². The van der Waals surface area contributed by atoms with Crippen molar-refractivity contribution in [2.75, 3.05) is 26.2 Å². The normalized spacial score (nSPS) is 24.0. The Bertz CT molecular complexity index is 400. The zero-order chi connectivity index (χ0) is 13.6. The summed E-state index contributed by atoms with van der Waals surface area (Å²) in [7, 11) is 0. The van der Waals surface area contributed by atoms with Crippen LogP contribution >= 0.6 is 0 Å². The molecule has 3 aliphatic rings. The van der Waals surface area contributed by atoms with Gasteiger partial charge in [0.2, 0.25) is 0 Å². The van der Waals surface area contributed by atoms with Crippen molar-refractivity contribution in [3.05, 3.63) is 47.9 Å². The van der Waals surface area contributed by atoms with Gasteiger partial charge in [-0.3, -0.25) is 0 Å². The molecular formula is C18H26N2. The molecular weight excluding hydrogens is 244 g/mol. The maximum absolute atomic E-state index is 2.48. The fourth-order valence-corrected chi connectivity index (χ4v) is 3.23. The summed E-state index contributed by atoms with van der Waals surface area (Å²) in [6, 6.07) is 0. The van der Waals surface area contributed by atoms with Gasteiger partial charge in [-0.05, 0) is 49.7 Å². The lowest BCUT2D eigenvalue weighted by atomic mass is 10.0. The average molecular weight is 270 g/mol. The van der Waals surface area contributed by atoms with Crippen LogP contribution in [0.15, 0.2) is 47.9 Å². The summed E-state index contributed by atoms with van der Waals surface area (Å²) in [5, 5.41) is 0. The van der Waals surface area contributed by atoms with Crippen LogP contribution in [0.5, 0.6) is 0 Å². The first-order valence-electron chi connectivity index (χ1n) is 8.13. The van der Waals surface area contributed by atoms with Gasteiger partial charge in [-0.2, -0.15) is 0 Å². The van der Waals surface area contributed by atoms with Crippen LogP contribution in [0, 0.1) is 0 Å². The standard InChI is InChI=1S/C18H26N2/c1-3-11-19-13-6-10-18(16-19)8-2-4-12-20-14-5-9-17(7-1)15-20/h5-6,9-10,15-16H,1-4,7-8,11-14H2. The second-order valence-electron chi connectivity index (χ2n) is 6.12. The van der Waals surface area contributed by atoms with Crippen LogP contribution < -0.4 is 0 Å². The highest BCUT2D eigenvalue weighted by molar-refractivity contribution is 5.23. The van der Waals surface area contributed by atoms with Crippen molar-refractivity contribution >= 4 is 0 Å². The van der Waals surface area contributed by atoms with Crippen LogP contribution in [-0.4, -0.2) is 36.0 Å². The third-order valence-corrected chi connectivity index (χ3v) is 4.36. The van der Waals surface area contributed by atoms with Crippen molar-refractivity contribution in [1.82, 2.24) is 9.80 Å². The first kappa shape index (κ1) is 13.5. The van der Waals surface area contributed by atoms with Gasteiger partial charge in [0.1, 0.15) is 0 Å². The van der Waals surface area contributed by atoms with Gasteiger partial charge in [0, 0.05) is 38.6 Å². The van der Waals surface area contributed by atoms with Crippen molar-refractivity contribution in [1.29, 1.82) is 0 Å². The monoisotopic (exact) mass is 270 g/mol. The van der Waals surface area contributed by atoms with Gasteiger partial charge in [-0.15, -0.1) is 0 Å². The van der Waals surface area contributed by atoms with Crippen LogP contribution in [-0.2, 0) is 0 Å². The summed E-state index contributed by atoms with van der Waals surface area (Å²) in [5.74, 6) is 0. The molecule has 0 aromatic rings. The summed E-state index contributed by atoms with van der Waals surface area (Å²) < 4.78 is 0. The number of rotatable bonds is 0. The van der Waals surface area contributed by atoms with E-state index in [2.05, 4.69) is 46.5 Å². The van der Waals surface area contributed by atoms with Crippen LogP contribution in [0.2, 0.25) is 0 Å². The molecule has 3 rings (SSSR count). The van der Waals surface area contributed by atoms with E-state index in [9.17, 15) is 0 Å². The third kappa shape index (κ3) is 3.78. The molecule has 0 fully saturated rings. The lowest BCUT2D eigenvalue weighted by Gasteiger charge is -2.26. The Morgan fingerprint density at radius 1 is 0.650 bits per heavy atom. The molecule has 3 aliphatic heterocycles. The van der Waals surface area contributed by atoms with Crippen molar-refractivity contribution < 1.29 is 0 Å². The lowest BCUT2D eigenvalue weighted by molar-refractivity contribution is 0.378. The Labute approximate surface area is 123 Å². The van der Waals surface area contributed by atoms with Gasteiger partial charge in [0.15, 0.2) is 0 Å². The molecule has 3 heterocycles. The molecule has 0 saturated carbocycles. The fourth-order valence-electron chi connectivity index (χ4n) is 3.23. The number of allylic oxidation sites excluding steroid dienone is 4. The summed E-state index contributed by atoms with van der Waals surface area (Å²) in [6.45, 7) is 4.60. The summed E-state index contributed by atoms with van der Waals surface area (Å²) in [5.41, 5.74) is 3.03. The van der Waals surface area contributed by atoms with E-state index in [0.717, 1.165) is 13.1 Å². The number of fused-ring (bicyclic) bond motifs is 2. The lowest BCUT2D eigenvalue weighted by Crippen LogP contribution is -2.23. The maximum atomic E-state index is 2.48. The Kier molecular flexibility index (Phi) is 4.62. The zero-order valence-electron chi connectivity index (χ0n) is 12.4. The van der Waals surface area contributed by atoms with E-state index in [1.165, 1.54) is 62.8 Å². The van der Waals surface area contributed by atoms with Crippen LogP contribution in [0.3, 0.4) is 0 Å². The van der Waals surface area contributed by atoms with Crippen molar-refractivity contribution in [3.8, 4) is 0 Å². The molecule has 2 heteroatoms. The number of nitrogens with zero attached hydrogens (tertiary/aromatic N) is 2. The van der Waals surface area contributed by atoms with E-state index in [1.807, 2.05) is 0 Å². The second kappa shape index (κ2) is 6.83. The summed E-state index contributed by atoms with van der Waals surface area (Å²) in [6.07, 6.45) is 21.7. The Morgan fingerprint density at radius 2 is 1.15 bits per heavy atom. The maximum Gasteiger partial charge on any atom is 0.0357 e. The molecule has 0 N–H and O–H groups in total. The smallest absolute Gasteiger partial charge is 0.0357 e. The predicted octanol–water partition coefficient (Wildman–Crippen LogP) is 3.85. The van der Waals surface area contributed by atoms with E-state index in [-0.39, 0.29) is 0 Å². The summed E-state index contributed by atoms with van der Waals surface area (Å²) in [4.78, 5) is 4.97. The number of hydrogen-bond acceptors (Lipinski definition) is 2. The molecule has 0 radical (unpaired) electrons. The summed E-state index contributed by atoms with van der Waals surface area (Å²) >= 11 is 0. The minimum Gasteiger partial charge on any atom is -0.373 e. The SMILES string of the molecule is C1=CC2=CN(C1)CCCCC1=CN(CC=C1)CCCC2. The molecule has 0 amide bonds. The second-order valence-corrected chi connectivity index (χ2v) is 6.12. The van der Waals surface area contributed by atoms with Crippen molar-refractivity contribution in [2.45, 2.75) is 38.5 Å². The highest BCUT2D eigenvalue weighted by atomic mass is 15.1. The molecule has 0 unspecified atom stereocenters. The molecule has 0 atom stereocenters. The Morgan fingerprint density at radius 3 is 1.65 bits per heavy atom. The van der Waals surface area contributed by atoms with Gasteiger partial charge in [-0.25, -0.2) is 0 Å². The van der Waals surface area contributed by atoms with E-state index in [0.29, 0.717) is 0 Å². The van der Waals surface area contributed by atoms with Gasteiger partial charge in [0.25, 0.3) is 0 Å². The molecule has 0 aromatic heterocycles. The quantitative estimate of drug-likeness (QED) is 0.659. The van der Waals surface area contributed by atoms with Crippen LogP contribution in [0.1, 0.15) is 38.5 Å². The van der Waals surface area contributed by atoms with E-state index in [4.69, 9.17) is 0 Å². The van der Waals surface area contributed by atoms with Crippen LogP contribution in [0.25, 0.3) is 0 Å². The van der Waals surface area contributed by atoms with Crippen LogP contribution in [0.4, 0.5) is 0 Å². The van der Waals surface area contributed by atoms with E-state index in [1.54, 1.807) is 0 Å². The van der Waals surface area contributed by atoms with Gasteiger partial charge in [-0.1, -0.05) is 24.3 Å². The van der Waals surface area contributed by atoms with Gasteiger partial charge in [0.05, 0.1) is 0 Å². The Hall–Kier alpha value is -1.44. The fraction of sp³-hybridized carbons (Fsp3) is 0.556. The number of hydrogen-bond donors (Lipinski definition) is 0. The first-order chi connectivity index (χ1) is 9.90. The molecule has 2 nitrogen and oxygen atoms in total. The highest BCUT2D eigenvalue weighted by Gasteiger charge is 2.09. The molecule has 0 aromatic carbocycles. The minimum absolute atomic E-state index is 1.10. The average Bonchev–Trinajstić information content (AvgIpc) is 2.48. The van der Waals surface area contributed by atoms with Crippen molar-refractivity contribution in [3.63, 3.8) is 0 Å². The predicted molar refractivity (Wildman–Crippen MR) is 85.3 cm³/mol. The minimum atomic E-state index is 1.10. The topological polar surface area (TPSA) is 6.48 Å². The molecule has 0 aliphatic carbocycles. The first-order valence-corrected chi connectivity index (χ1v) is 8.13. The molecule has 0 saturated heterocycles. The molecule has 4 bridgehead atoms. The Balaban J connectivity index is 1.62. The van der Waals surface area contributed by atoms with Gasteiger partial charge < -0.3 is 9.80 Å². The molecule has 20 heavy (non-hydrogen) atoms. The largest absolute Gasteiger partial charge is 0.373 e. The highest BCUT2D eigenvalue weighted by Crippen LogP contribution is 2.19. The van der Waals surface area contributed by atoms with E-state index < -0.39 is 0 Å². The third-order valence-electron chi connectivity index (χ3n) is 4.36. The zero-order valence-corrected chi connectivity index (χ0v) is 12.4. The van der Waals surface area contributed by atoms with Gasteiger partial charge >= 0.3 is 0 Å². The molecule has 0 spiro atoms. The molecule has 108 valence electrons. The van der Waals surface area contributed by atoms with Crippen molar-refractivity contribution in [2.24, 2.45) is 0 Å².